The van der Waals surface area contributed by atoms with Gasteiger partial charge in [0.15, 0.2) is 17.6 Å². The summed E-state index contributed by atoms with van der Waals surface area (Å²) in [4.78, 5) is 25.2. The number of rotatable bonds is 3. The van der Waals surface area contributed by atoms with Crippen LogP contribution in [-0.4, -0.2) is 49.2 Å². The lowest BCUT2D eigenvalue weighted by atomic mass is 9.53. The molecule has 2 heterocycles. The Morgan fingerprint density at radius 1 is 1.38 bits per heavy atom. The zero-order chi connectivity index (χ0) is 18.1. The van der Waals surface area contributed by atoms with Crippen LogP contribution in [0.5, 0.6) is 11.5 Å². The average Bonchev–Trinajstić information content (AvgIpc) is 2.97. The number of hydrogen-bond donors (Lipinski definition) is 0. The first-order valence-corrected chi connectivity index (χ1v) is 9.03. The van der Waals surface area contributed by atoms with E-state index in [-0.39, 0.29) is 29.4 Å². The number of likely N-dealkylation sites (tertiary alicyclic amines) is 1. The van der Waals surface area contributed by atoms with Gasteiger partial charge in [-0.05, 0) is 30.5 Å². The van der Waals surface area contributed by atoms with E-state index in [0.29, 0.717) is 12.3 Å². The van der Waals surface area contributed by atoms with Gasteiger partial charge in [0.05, 0.1) is 12.5 Å². The van der Waals surface area contributed by atoms with Crippen molar-refractivity contribution >= 4 is 12.4 Å². The molecule has 2 aliphatic heterocycles. The van der Waals surface area contributed by atoms with E-state index in [2.05, 4.69) is 12.1 Å². The summed E-state index contributed by atoms with van der Waals surface area (Å²) in [7, 11) is 1.64. The van der Waals surface area contributed by atoms with Gasteiger partial charge in [0, 0.05) is 31.0 Å². The van der Waals surface area contributed by atoms with Crippen LogP contribution in [0.2, 0.25) is 0 Å². The number of hydrogen-bond acceptors (Lipinski definition) is 5. The number of esters is 1. The van der Waals surface area contributed by atoms with E-state index in [1.807, 2.05) is 17.0 Å². The second-order valence-electron chi connectivity index (χ2n) is 7.56. The summed E-state index contributed by atoms with van der Waals surface area (Å²) < 4.78 is 17.6. The summed E-state index contributed by atoms with van der Waals surface area (Å²) in [6.07, 6.45) is 5.89. The molecule has 4 aliphatic rings. The zero-order valence-electron chi connectivity index (χ0n) is 14.8. The fourth-order valence-corrected chi connectivity index (χ4v) is 5.64. The van der Waals surface area contributed by atoms with E-state index < -0.39 is 6.10 Å². The summed E-state index contributed by atoms with van der Waals surface area (Å²) in [6.45, 7) is 2.10. The molecule has 1 spiro atoms. The van der Waals surface area contributed by atoms with Crippen LogP contribution < -0.4 is 9.47 Å². The van der Waals surface area contributed by atoms with Crippen molar-refractivity contribution in [2.75, 3.05) is 13.7 Å². The van der Waals surface area contributed by atoms with Gasteiger partial charge in [0.2, 0.25) is 6.41 Å². The molecule has 5 atom stereocenters. The molecule has 1 amide bonds. The van der Waals surface area contributed by atoms with Gasteiger partial charge in [-0.1, -0.05) is 12.1 Å². The lowest BCUT2D eigenvalue weighted by Crippen LogP contribution is -2.65. The summed E-state index contributed by atoms with van der Waals surface area (Å²) >= 11 is 0. The maximum atomic E-state index is 11.6. The van der Waals surface area contributed by atoms with Crippen LogP contribution in [0.15, 0.2) is 24.3 Å². The number of piperidine rings is 1. The minimum absolute atomic E-state index is 0.105. The molecule has 0 aromatic heterocycles. The number of carbonyl (C=O) groups is 2. The van der Waals surface area contributed by atoms with Crippen molar-refractivity contribution in [3.8, 4) is 11.5 Å². The molecule has 2 aliphatic carbocycles. The predicted molar refractivity (Wildman–Crippen MR) is 92.2 cm³/mol. The third-order valence-electron chi connectivity index (χ3n) is 6.54. The molecule has 1 saturated heterocycles. The highest BCUT2D eigenvalue weighted by Crippen LogP contribution is 2.62. The summed E-state index contributed by atoms with van der Waals surface area (Å²) in [5.41, 5.74) is 2.11. The molecule has 26 heavy (non-hydrogen) atoms. The normalized spacial score (nSPS) is 35.4. The van der Waals surface area contributed by atoms with Crippen molar-refractivity contribution in [1.29, 1.82) is 0 Å². The lowest BCUT2D eigenvalue weighted by Gasteiger charge is -2.56. The smallest absolute Gasteiger partial charge is 0.303 e. The molecule has 2 bridgehead atoms. The van der Waals surface area contributed by atoms with E-state index >= 15 is 0 Å². The first-order chi connectivity index (χ1) is 12.6. The number of nitrogens with zero attached hydrogens (tertiary/aromatic N) is 1. The van der Waals surface area contributed by atoms with E-state index in [0.717, 1.165) is 25.0 Å². The Morgan fingerprint density at radius 2 is 2.23 bits per heavy atom. The molecular weight excluding hydrogens is 334 g/mol. The molecule has 0 N–H and O–H groups in total. The van der Waals surface area contributed by atoms with Gasteiger partial charge in [-0.2, -0.15) is 0 Å². The van der Waals surface area contributed by atoms with E-state index in [1.54, 1.807) is 7.11 Å². The number of ether oxygens (including phenoxy) is 3. The highest BCUT2D eigenvalue weighted by atomic mass is 16.6. The van der Waals surface area contributed by atoms with Crippen molar-refractivity contribution in [2.45, 2.75) is 43.4 Å². The Bertz CT molecular complexity index is 834. The highest BCUT2D eigenvalue weighted by molar-refractivity contribution is 5.68. The molecule has 1 fully saturated rings. The quantitative estimate of drug-likeness (QED) is 0.468. The summed E-state index contributed by atoms with van der Waals surface area (Å²) in [5, 5.41) is 0. The first kappa shape index (κ1) is 15.7. The maximum absolute atomic E-state index is 11.6. The topological polar surface area (TPSA) is 65.1 Å². The SMILES string of the molecule is COc1ccc2c3c1O[C@@H]1[C@H](OC(C)=O)C=C[C@@H]4[C@H](C2)N(C=O)CC[C@]341. The average molecular weight is 355 g/mol. The van der Waals surface area contributed by atoms with E-state index in [4.69, 9.17) is 14.2 Å². The van der Waals surface area contributed by atoms with Gasteiger partial charge in [-0.3, -0.25) is 9.59 Å². The van der Waals surface area contributed by atoms with Crippen molar-refractivity contribution in [2.24, 2.45) is 5.92 Å². The highest BCUT2D eigenvalue weighted by Gasteiger charge is 2.65. The number of amides is 1. The van der Waals surface area contributed by atoms with Gasteiger partial charge in [0.25, 0.3) is 0 Å². The van der Waals surface area contributed by atoms with Gasteiger partial charge < -0.3 is 19.1 Å². The largest absolute Gasteiger partial charge is 0.493 e. The van der Waals surface area contributed by atoms with Crippen LogP contribution in [-0.2, 0) is 26.2 Å². The Kier molecular flexibility index (Phi) is 3.18. The summed E-state index contributed by atoms with van der Waals surface area (Å²) in [6, 6.07) is 4.12. The molecule has 136 valence electrons. The lowest BCUT2D eigenvalue weighted by molar-refractivity contribution is -0.152. The van der Waals surface area contributed by atoms with Crippen LogP contribution in [0, 0.1) is 5.92 Å². The van der Waals surface area contributed by atoms with Crippen LogP contribution in [0.3, 0.4) is 0 Å². The van der Waals surface area contributed by atoms with Crippen molar-refractivity contribution in [3.05, 3.63) is 35.4 Å². The number of benzene rings is 1. The third kappa shape index (κ3) is 1.77. The first-order valence-electron chi connectivity index (χ1n) is 9.03. The standard InChI is InChI=1S/C20H21NO5/c1-11(23)25-16-6-4-13-14-9-12-3-5-15(24-2)18-17(12)20(13,19(16)26-18)7-8-21(14)10-22/h3-6,10,13-14,16,19H,7-9H2,1-2H3/t13-,14+,16-,19-,20-/m1/s1. The molecule has 5 rings (SSSR count). The number of methoxy groups -OCH3 is 1. The van der Waals surface area contributed by atoms with Gasteiger partial charge in [-0.15, -0.1) is 0 Å². The van der Waals surface area contributed by atoms with E-state index in [1.165, 1.54) is 18.1 Å². The Balaban J connectivity index is 1.73. The molecule has 0 unspecified atom stereocenters. The van der Waals surface area contributed by atoms with Crippen LogP contribution in [0.1, 0.15) is 24.5 Å². The minimum atomic E-state index is -0.435. The van der Waals surface area contributed by atoms with Gasteiger partial charge >= 0.3 is 5.97 Å². The molecule has 6 nitrogen and oxygen atoms in total. The fourth-order valence-electron chi connectivity index (χ4n) is 5.64. The number of carbonyl (C=O) groups excluding carboxylic acids is 2. The Labute approximate surface area is 151 Å². The van der Waals surface area contributed by atoms with Crippen LogP contribution in [0.4, 0.5) is 0 Å². The zero-order valence-corrected chi connectivity index (χ0v) is 14.8. The molecule has 0 saturated carbocycles. The minimum Gasteiger partial charge on any atom is -0.493 e. The van der Waals surface area contributed by atoms with Crippen LogP contribution in [0.25, 0.3) is 0 Å². The Morgan fingerprint density at radius 3 is 2.96 bits per heavy atom. The molecule has 0 radical (unpaired) electrons. The van der Waals surface area contributed by atoms with Crippen molar-refractivity contribution < 1.29 is 23.8 Å². The second-order valence-corrected chi connectivity index (χ2v) is 7.56. The summed E-state index contributed by atoms with van der Waals surface area (Å²) in [5.74, 6) is 1.32. The van der Waals surface area contributed by atoms with Crippen molar-refractivity contribution in [1.82, 2.24) is 4.90 Å². The Hall–Kier alpha value is -2.50. The van der Waals surface area contributed by atoms with Crippen molar-refractivity contribution in [3.63, 3.8) is 0 Å². The fraction of sp³-hybridized carbons (Fsp3) is 0.500. The third-order valence-corrected chi connectivity index (χ3v) is 6.54. The molecule has 1 aromatic rings. The second kappa shape index (κ2) is 5.25. The molecule has 6 heteroatoms. The monoisotopic (exact) mass is 355 g/mol. The molecular formula is C20H21NO5. The van der Waals surface area contributed by atoms with Gasteiger partial charge in [-0.25, -0.2) is 0 Å². The van der Waals surface area contributed by atoms with Crippen LogP contribution >= 0.6 is 0 Å². The predicted octanol–water partition coefficient (Wildman–Crippen LogP) is 1.60. The van der Waals surface area contributed by atoms with Gasteiger partial charge in [0.1, 0.15) is 6.10 Å². The molecule has 1 aromatic carbocycles. The maximum Gasteiger partial charge on any atom is 0.303 e. The van der Waals surface area contributed by atoms with E-state index in [9.17, 15) is 9.59 Å².